The van der Waals surface area contributed by atoms with E-state index in [9.17, 15) is 24.9 Å². The maximum absolute atomic E-state index is 11.8. The zero-order valence-electron chi connectivity index (χ0n) is 10.5. The molecule has 0 atom stereocenters. The van der Waals surface area contributed by atoms with Crippen molar-refractivity contribution in [3.05, 3.63) is 17.2 Å². The summed E-state index contributed by atoms with van der Waals surface area (Å²) in [5.74, 6) is -3.15. The van der Waals surface area contributed by atoms with E-state index in [2.05, 4.69) is 0 Å². The van der Waals surface area contributed by atoms with Crippen LogP contribution in [0.4, 0.5) is 0 Å². The molecule has 3 N–H and O–H groups in total. The lowest BCUT2D eigenvalue weighted by Crippen LogP contribution is -2.10. The molecule has 0 spiro atoms. The summed E-state index contributed by atoms with van der Waals surface area (Å²) in [6.07, 6.45) is 0.0706. The van der Waals surface area contributed by atoms with Gasteiger partial charge in [-0.25, -0.2) is 0 Å². The van der Waals surface area contributed by atoms with Crippen LogP contribution in [0.3, 0.4) is 0 Å². The highest BCUT2D eigenvalue weighted by atomic mass is 16.3. The summed E-state index contributed by atoms with van der Waals surface area (Å²) >= 11 is 0. The molecular formula is C13H16O5. The number of carbonyl (C=O) groups excluding carboxylic acids is 2. The second-order valence-corrected chi connectivity index (χ2v) is 4.31. The molecule has 0 bridgehead atoms. The summed E-state index contributed by atoms with van der Waals surface area (Å²) < 4.78 is 0. The van der Waals surface area contributed by atoms with E-state index in [1.54, 1.807) is 20.8 Å². The predicted molar refractivity (Wildman–Crippen MR) is 65.2 cm³/mol. The van der Waals surface area contributed by atoms with E-state index in [1.807, 2.05) is 0 Å². The van der Waals surface area contributed by atoms with Crippen LogP contribution in [0.15, 0.2) is 6.07 Å². The third-order valence-electron chi connectivity index (χ3n) is 2.63. The summed E-state index contributed by atoms with van der Waals surface area (Å²) in [5, 5.41) is 29.1. The van der Waals surface area contributed by atoms with Gasteiger partial charge in [0.15, 0.2) is 11.6 Å². The van der Waals surface area contributed by atoms with Crippen LogP contribution in [0.5, 0.6) is 17.2 Å². The molecule has 0 heterocycles. The Labute approximate surface area is 105 Å². The minimum atomic E-state index is -0.655. The molecule has 0 fully saturated rings. The molecule has 0 saturated carbocycles. The number of Topliss-reactive ketones (excluding diaryl/α,β-unsaturated/α-hetero) is 2. The minimum absolute atomic E-state index is 0.0706. The van der Waals surface area contributed by atoms with E-state index in [0.29, 0.717) is 0 Å². The highest BCUT2D eigenvalue weighted by Crippen LogP contribution is 2.39. The van der Waals surface area contributed by atoms with E-state index in [0.717, 1.165) is 6.07 Å². The monoisotopic (exact) mass is 252 g/mol. The van der Waals surface area contributed by atoms with Crippen LogP contribution in [0.1, 0.15) is 47.9 Å². The molecule has 5 nitrogen and oxygen atoms in total. The van der Waals surface area contributed by atoms with Gasteiger partial charge < -0.3 is 15.3 Å². The van der Waals surface area contributed by atoms with Crippen LogP contribution < -0.4 is 0 Å². The van der Waals surface area contributed by atoms with E-state index < -0.39 is 34.7 Å². The van der Waals surface area contributed by atoms with Crippen molar-refractivity contribution in [1.29, 1.82) is 0 Å². The topological polar surface area (TPSA) is 94.8 Å². The van der Waals surface area contributed by atoms with Crippen LogP contribution in [-0.4, -0.2) is 26.9 Å². The zero-order chi connectivity index (χ0) is 14.0. The number of carbonyl (C=O) groups is 2. The Kier molecular flexibility index (Phi) is 3.96. The maximum atomic E-state index is 11.8. The summed E-state index contributed by atoms with van der Waals surface area (Å²) in [5.41, 5.74) is -0.640. The van der Waals surface area contributed by atoms with Crippen LogP contribution in [-0.2, 0) is 0 Å². The number of hydrogen-bond acceptors (Lipinski definition) is 5. The predicted octanol–water partition coefficient (Wildman–Crippen LogP) is 2.23. The van der Waals surface area contributed by atoms with Gasteiger partial charge in [-0.2, -0.15) is 0 Å². The van der Waals surface area contributed by atoms with Gasteiger partial charge in [0.1, 0.15) is 28.4 Å². The Morgan fingerprint density at radius 3 is 2.06 bits per heavy atom. The normalized spacial score (nSPS) is 10.7. The van der Waals surface area contributed by atoms with Crippen molar-refractivity contribution in [2.45, 2.75) is 27.2 Å². The van der Waals surface area contributed by atoms with Crippen molar-refractivity contribution in [1.82, 2.24) is 0 Å². The number of phenols is 3. The molecule has 0 saturated heterocycles. The number of benzene rings is 1. The first-order valence-electron chi connectivity index (χ1n) is 5.66. The van der Waals surface area contributed by atoms with Crippen molar-refractivity contribution < 1.29 is 24.9 Å². The first-order chi connectivity index (χ1) is 8.31. The second-order valence-electron chi connectivity index (χ2n) is 4.31. The van der Waals surface area contributed by atoms with Gasteiger partial charge in [-0.3, -0.25) is 9.59 Å². The van der Waals surface area contributed by atoms with Crippen molar-refractivity contribution in [2.75, 3.05) is 0 Å². The second kappa shape index (κ2) is 5.08. The lowest BCUT2D eigenvalue weighted by molar-refractivity contribution is 0.0933. The SMILES string of the molecule is CCC(=O)c1c(O)cc(O)c(C(=O)C(C)C)c1O. The first-order valence-corrected chi connectivity index (χ1v) is 5.66. The Bertz CT molecular complexity index is 503. The largest absolute Gasteiger partial charge is 0.507 e. The fourth-order valence-corrected chi connectivity index (χ4v) is 1.62. The van der Waals surface area contributed by atoms with Gasteiger partial charge in [-0.1, -0.05) is 20.8 Å². The maximum Gasteiger partial charge on any atom is 0.172 e. The van der Waals surface area contributed by atoms with E-state index >= 15 is 0 Å². The molecule has 1 aromatic carbocycles. The standard InChI is InChI=1S/C13H16O5/c1-4-7(14)10-8(15)5-9(16)11(13(10)18)12(17)6(2)3/h5-6,15-16,18H,4H2,1-3H3. The fraction of sp³-hybridized carbons (Fsp3) is 0.385. The average Bonchev–Trinajstić information content (AvgIpc) is 2.27. The van der Waals surface area contributed by atoms with Crippen LogP contribution >= 0.6 is 0 Å². The van der Waals surface area contributed by atoms with Gasteiger partial charge in [-0.05, 0) is 0 Å². The Hall–Kier alpha value is -2.04. The molecule has 0 aromatic heterocycles. The van der Waals surface area contributed by atoms with Crippen molar-refractivity contribution in [3.63, 3.8) is 0 Å². The van der Waals surface area contributed by atoms with Gasteiger partial charge in [0.25, 0.3) is 0 Å². The highest BCUT2D eigenvalue weighted by Gasteiger charge is 2.26. The van der Waals surface area contributed by atoms with Gasteiger partial charge in [0.2, 0.25) is 0 Å². The Morgan fingerprint density at radius 1 is 1.11 bits per heavy atom. The fourth-order valence-electron chi connectivity index (χ4n) is 1.62. The lowest BCUT2D eigenvalue weighted by atomic mass is 9.94. The third kappa shape index (κ3) is 2.30. The molecule has 18 heavy (non-hydrogen) atoms. The summed E-state index contributed by atoms with van der Waals surface area (Å²) in [6.45, 7) is 4.78. The Morgan fingerprint density at radius 2 is 1.61 bits per heavy atom. The smallest absolute Gasteiger partial charge is 0.172 e. The molecule has 0 unspecified atom stereocenters. The van der Waals surface area contributed by atoms with Gasteiger partial charge >= 0.3 is 0 Å². The molecule has 5 heteroatoms. The van der Waals surface area contributed by atoms with Gasteiger partial charge in [0.05, 0.1) is 0 Å². The molecule has 98 valence electrons. The van der Waals surface area contributed by atoms with Crippen LogP contribution in [0, 0.1) is 5.92 Å². The zero-order valence-corrected chi connectivity index (χ0v) is 10.5. The molecule has 0 aliphatic rings. The average molecular weight is 252 g/mol. The molecule has 1 rings (SSSR count). The molecule has 0 aliphatic carbocycles. The number of rotatable bonds is 4. The first kappa shape index (κ1) is 14.0. The molecule has 0 aliphatic heterocycles. The lowest BCUT2D eigenvalue weighted by Gasteiger charge is -2.13. The number of aromatic hydroxyl groups is 3. The summed E-state index contributed by atoms with van der Waals surface area (Å²) in [7, 11) is 0. The quantitative estimate of drug-likeness (QED) is 0.714. The minimum Gasteiger partial charge on any atom is -0.507 e. The van der Waals surface area contributed by atoms with Gasteiger partial charge in [0, 0.05) is 18.4 Å². The van der Waals surface area contributed by atoms with Crippen molar-refractivity contribution >= 4 is 11.6 Å². The summed E-state index contributed by atoms with van der Waals surface area (Å²) in [6, 6.07) is 0.901. The molecule has 0 amide bonds. The van der Waals surface area contributed by atoms with Crippen molar-refractivity contribution in [2.24, 2.45) is 5.92 Å². The summed E-state index contributed by atoms with van der Waals surface area (Å²) in [4.78, 5) is 23.4. The molecular weight excluding hydrogens is 236 g/mol. The Balaban J connectivity index is 3.55. The van der Waals surface area contributed by atoms with E-state index in [4.69, 9.17) is 0 Å². The van der Waals surface area contributed by atoms with Gasteiger partial charge in [-0.15, -0.1) is 0 Å². The van der Waals surface area contributed by atoms with Crippen LogP contribution in [0.2, 0.25) is 0 Å². The highest BCUT2D eigenvalue weighted by molar-refractivity contribution is 6.09. The third-order valence-corrected chi connectivity index (χ3v) is 2.63. The van der Waals surface area contributed by atoms with E-state index in [-0.39, 0.29) is 17.5 Å². The number of hydrogen-bond donors (Lipinski definition) is 3. The van der Waals surface area contributed by atoms with Crippen molar-refractivity contribution in [3.8, 4) is 17.2 Å². The van der Waals surface area contributed by atoms with E-state index in [1.165, 1.54) is 0 Å². The molecule has 1 aromatic rings. The van der Waals surface area contributed by atoms with Crippen LogP contribution in [0.25, 0.3) is 0 Å². The number of ketones is 2. The number of phenolic OH excluding ortho intramolecular Hbond substituents is 3. The molecule has 0 radical (unpaired) electrons.